The van der Waals surface area contributed by atoms with Crippen LogP contribution in [0.5, 0.6) is 0 Å². The summed E-state index contributed by atoms with van der Waals surface area (Å²) in [4.78, 5) is 30.5. The van der Waals surface area contributed by atoms with E-state index in [1.54, 1.807) is 11.8 Å². The molecule has 0 aliphatic carbocycles. The summed E-state index contributed by atoms with van der Waals surface area (Å²) in [6.07, 6.45) is 1.41. The maximum Gasteiger partial charge on any atom is 0.227 e. The van der Waals surface area contributed by atoms with Crippen molar-refractivity contribution in [2.75, 3.05) is 18.4 Å². The summed E-state index contributed by atoms with van der Waals surface area (Å²) in [5, 5.41) is 3.02. The number of rotatable bonds is 3. The third-order valence-corrected chi connectivity index (χ3v) is 5.42. The number of nitrogens with zero attached hydrogens (tertiary/aromatic N) is 3. The van der Waals surface area contributed by atoms with Gasteiger partial charge in [0.2, 0.25) is 11.8 Å². The quantitative estimate of drug-likeness (QED) is 0.760. The van der Waals surface area contributed by atoms with Crippen LogP contribution >= 0.6 is 0 Å². The lowest BCUT2D eigenvalue weighted by atomic mass is 9.96. The van der Waals surface area contributed by atoms with Gasteiger partial charge in [-0.05, 0) is 50.1 Å². The lowest BCUT2D eigenvalue weighted by Crippen LogP contribution is -2.40. The molecular formula is C22H24N4O2. The molecule has 1 aromatic heterocycles. The molecule has 2 heterocycles. The molecule has 3 aromatic rings. The Hall–Kier alpha value is -3.15. The number of aromatic nitrogens is 2. The predicted octanol–water partition coefficient (Wildman–Crippen LogP) is 3.53. The monoisotopic (exact) mass is 376 g/mol. The highest BCUT2D eigenvalue weighted by Gasteiger charge is 2.26. The summed E-state index contributed by atoms with van der Waals surface area (Å²) in [5.41, 5.74) is 3.68. The number of carbonyl (C=O) groups excluding carboxylic acids is 2. The molecule has 0 bridgehead atoms. The summed E-state index contributed by atoms with van der Waals surface area (Å²) < 4.78 is 2.11. The van der Waals surface area contributed by atoms with Gasteiger partial charge in [-0.2, -0.15) is 0 Å². The zero-order valence-electron chi connectivity index (χ0n) is 16.2. The van der Waals surface area contributed by atoms with Gasteiger partial charge in [-0.15, -0.1) is 0 Å². The molecule has 1 fully saturated rings. The minimum atomic E-state index is -0.0603. The van der Waals surface area contributed by atoms with Crippen molar-refractivity contribution in [2.24, 2.45) is 5.92 Å². The number of hydrogen-bond donors (Lipinski definition) is 1. The van der Waals surface area contributed by atoms with Crippen LogP contribution in [0.15, 0.2) is 48.5 Å². The fourth-order valence-corrected chi connectivity index (χ4v) is 3.88. The van der Waals surface area contributed by atoms with Crippen molar-refractivity contribution in [2.45, 2.75) is 26.7 Å². The molecule has 0 unspecified atom stereocenters. The molecule has 1 aliphatic heterocycles. The van der Waals surface area contributed by atoms with E-state index in [4.69, 9.17) is 0 Å². The van der Waals surface area contributed by atoms with E-state index in [1.807, 2.05) is 43.3 Å². The summed E-state index contributed by atoms with van der Waals surface area (Å²) >= 11 is 0. The Morgan fingerprint density at radius 3 is 2.46 bits per heavy atom. The number of aryl methyl sites for hydroxylation is 1. The molecule has 6 heteroatoms. The smallest absolute Gasteiger partial charge is 0.227 e. The molecule has 1 aliphatic rings. The second-order valence-corrected chi connectivity index (χ2v) is 7.30. The van der Waals surface area contributed by atoms with Gasteiger partial charge in [0.25, 0.3) is 0 Å². The van der Waals surface area contributed by atoms with Gasteiger partial charge in [0.05, 0.1) is 11.0 Å². The molecule has 0 saturated carbocycles. The fourth-order valence-electron chi connectivity index (χ4n) is 3.88. The number of hydrogen-bond acceptors (Lipinski definition) is 3. The second kappa shape index (κ2) is 7.46. The maximum atomic E-state index is 12.6. The summed E-state index contributed by atoms with van der Waals surface area (Å²) in [6.45, 7) is 4.85. The first kappa shape index (κ1) is 18.2. The van der Waals surface area contributed by atoms with Gasteiger partial charge in [0, 0.05) is 37.3 Å². The Labute approximate surface area is 164 Å². The van der Waals surface area contributed by atoms with Gasteiger partial charge in [-0.3, -0.25) is 14.2 Å². The van der Waals surface area contributed by atoms with Crippen molar-refractivity contribution in [1.82, 2.24) is 14.5 Å². The number of imidazole rings is 1. The van der Waals surface area contributed by atoms with Crippen LogP contribution < -0.4 is 5.32 Å². The molecule has 2 aromatic carbocycles. The summed E-state index contributed by atoms with van der Waals surface area (Å²) in [5.74, 6) is 0.937. The summed E-state index contributed by atoms with van der Waals surface area (Å²) in [6, 6.07) is 16.0. The second-order valence-electron chi connectivity index (χ2n) is 7.30. The first-order valence-electron chi connectivity index (χ1n) is 9.64. The number of nitrogens with one attached hydrogen (secondary N) is 1. The van der Waals surface area contributed by atoms with Crippen LogP contribution in [0.3, 0.4) is 0 Å². The molecule has 6 nitrogen and oxygen atoms in total. The fraction of sp³-hybridized carbons (Fsp3) is 0.318. The minimum Gasteiger partial charge on any atom is -0.343 e. The molecular weight excluding hydrogens is 352 g/mol. The lowest BCUT2D eigenvalue weighted by Gasteiger charge is -2.30. The van der Waals surface area contributed by atoms with E-state index in [2.05, 4.69) is 27.0 Å². The number of carbonyl (C=O) groups is 2. The Morgan fingerprint density at radius 1 is 1.07 bits per heavy atom. The van der Waals surface area contributed by atoms with Crippen LogP contribution in [0, 0.1) is 12.8 Å². The minimum absolute atomic E-state index is 0.0155. The van der Waals surface area contributed by atoms with Gasteiger partial charge in [-0.1, -0.05) is 18.2 Å². The highest BCUT2D eigenvalue weighted by Crippen LogP contribution is 2.25. The number of para-hydroxylation sites is 1. The number of amides is 2. The van der Waals surface area contributed by atoms with Crippen molar-refractivity contribution >= 4 is 28.5 Å². The highest BCUT2D eigenvalue weighted by atomic mass is 16.2. The van der Waals surface area contributed by atoms with Gasteiger partial charge in [0.1, 0.15) is 5.82 Å². The standard InChI is InChI=1S/C22H24N4O2/c1-15-23-20-14-18(8-9-21(20)26(15)19-6-4-3-5-7-19)24-22(28)17-10-12-25(13-11-17)16(2)27/h3-9,14,17H,10-13H2,1-2H3,(H,24,28). The lowest BCUT2D eigenvalue weighted by molar-refractivity contribution is -0.132. The third-order valence-electron chi connectivity index (χ3n) is 5.42. The van der Waals surface area contributed by atoms with Crippen LogP contribution in [0.4, 0.5) is 5.69 Å². The Kier molecular flexibility index (Phi) is 4.86. The van der Waals surface area contributed by atoms with Crippen LogP contribution in [0.2, 0.25) is 0 Å². The number of likely N-dealkylation sites (tertiary alicyclic amines) is 1. The van der Waals surface area contributed by atoms with Crippen molar-refractivity contribution < 1.29 is 9.59 Å². The van der Waals surface area contributed by atoms with E-state index in [1.165, 1.54) is 0 Å². The van der Waals surface area contributed by atoms with E-state index >= 15 is 0 Å². The first-order chi connectivity index (χ1) is 13.5. The van der Waals surface area contributed by atoms with E-state index < -0.39 is 0 Å². The van der Waals surface area contributed by atoms with E-state index in [-0.39, 0.29) is 17.7 Å². The Morgan fingerprint density at radius 2 is 1.79 bits per heavy atom. The SMILES string of the molecule is CC(=O)N1CCC(C(=O)Nc2ccc3c(c2)nc(C)n3-c2ccccc2)CC1. The number of fused-ring (bicyclic) bond motifs is 1. The zero-order chi connectivity index (χ0) is 19.7. The van der Waals surface area contributed by atoms with E-state index in [9.17, 15) is 9.59 Å². The number of benzene rings is 2. The van der Waals surface area contributed by atoms with Crippen molar-refractivity contribution in [3.8, 4) is 5.69 Å². The van der Waals surface area contributed by atoms with Gasteiger partial charge < -0.3 is 10.2 Å². The van der Waals surface area contributed by atoms with E-state index in [0.717, 1.165) is 28.2 Å². The average molecular weight is 376 g/mol. The molecule has 1 saturated heterocycles. The maximum absolute atomic E-state index is 12.6. The molecule has 0 atom stereocenters. The van der Waals surface area contributed by atoms with Crippen molar-refractivity contribution in [1.29, 1.82) is 0 Å². The van der Waals surface area contributed by atoms with Gasteiger partial charge in [0.15, 0.2) is 0 Å². The normalized spacial score (nSPS) is 15.0. The van der Waals surface area contributed by atoms with Crippen LogP contribution in [-0.4, -0.2) is 39.4 Å². The molecule has 28 heavy (non-hydrogen) atoms. The average Bonchev–Trinajstić information content (AvgIpc) is 3.03. The van der Waals surface area contributed by atoms with Crippen LogP contribution in [-0.2, 0) is 9.59 Å². The topological polar surface area (TPSA) is 67.2 Å². The molecule has 144 valence electrons. The van der Waals surface area contributed by atoms with Crippen LogP contribution in [0.1, 0.15) is 25.6 Å². The predicted molar refractivity (Wildman–Crippen MR) is 109 cm³/mol. The van der Waals surface area contributed by atoms with Crippen molar-refractivity contribution in [3.63, 3.8) is 0 Å². The molecule has 0 spiro atoms. The summed E-state index contributed by atoms with van der Waals surface area (Å²) in [7, 11) is 0. The molecule has 2 amide bonds. The Balaban J connectivity index is 1.51. The number of piperidine rings is 1. The van der Waals surface area contributed by atoms with Crippen molar-refractivity contribution in [3.05, 3.63) is 54.4 Å². The molecule has 0 radical (unpaired) electrons. The van der Waals surface area contributed by atoms with Gasteiger partial charge in [-0.25, -0.2) is 4.98 Å². The number of anilines is 1. The van der Waals surface area contributed by atoms with E-state index in [0.29, 0.717) is 25.9 Å². The molecule has 1 N–H and O–H groups in total. The largest absolute Gasteiger partial charge is 0.343 e. The van der Waals surface area contributed by atoms with Crippen LogP contribution in [0.25, 0.3) is 16.7 Å². The Bertz CT molecular complexity index is 1020. The van der Waals surface area contributed by atoms with Gasteiger partial charge >= 0.3 is 0 Å². The third kappa shape index (κ3) is 3.50. The first-order valence-corrected chi connectivity index (χ1v) is 9.64. The highest BCUT2D eigenvalue weighted by molar-refractivity contribution is 5.95. The molecule has 4 rings (SSSR count). The zero-order valence-corrected chi connectivity index (χ0v) is 16.2.